The fraction of sp³-hybridized carbons (Fsp3) is 0. The lowest BCUT2D eigenvalue weighted by Gasteiger charge is -2.15. The Morgan fingerprint density at radius 1 is 0.348 bits per heavy atom. The van der Waals surface area contributed by atoms with E-state index in [9.17, 15) is 5.26 Å². The number of nitriles is 1. The van der Waals surface area contributed by atoms with Crippen molar-refractivity contribution in [2.24, 2.45) is 0 Å². The van der Waals surface area contributed by atoms with Gasteiger partial charge in [-0.05, 0) is 105 Å². The molecule has 7 aromatic carbocycles. The predicted octanol–water partition coefficient (Wildman–Crippen LogP) is 13.0. The molecular formula is C43H25NS2. The molecule has 9 rings (SSSR count). The zero-order chi connectivity index (χ0) is 30.6. The highest BCUT2D eigenvalue weighted by Crippen LogP contribution is 2.42. The molecule has 2 aromatic heterocycles. The van der Waals surface area contributed by atoms with Crippen molar-refractivity contribution in [3.8, 4) is 50.6 Å². The van der Waals surface area contributed by atoms with Crippen LogP contribution in [0, 0.1) is 11.3 Å². The second-order valence-electron chi connectivity index (χ2n) is 11.7. The van der Waals surface area contributed by atoms with E-state index in [-0.39, 0.29) is 0 Å². The lowest BCUT2D eigenvalue weighted by atomic mass is 9.88. The van der Waals surface area contributed by atoms with E-state index in [0.29, 0.717) is 5.56 Å². The van der Waals surface area contributed by atoms with Gasteiger partial charge in [0.2, 0.25) is 0 Å². The van der Waals surface area contributed by atoms with E-state index in [2.05, 4.69) is 127 Å². The molecule has 0 unspecified atom stereocenters. The number of fused-ring (bicyclic) bond motifs is 6. The highest BCUT2D eigenvalue weighted by atomic mass is 32.1. The molecule has 9 aromatic rings. The van der Waals surface area contributed by atoms with Gasteiger partial charge < -0.3 is 0 Å². The molecule has 0 saturated carbocycles. The SMILES string of the molecule is N#Cc1cc(-c2ccccc2)cc(-c2cc(-c3ccc4sc5ccccc5c4c3)ccc2-c2ccc3sc4ccccc4c3c2)c1. The van der Waals surface area contributed by atoms with Crippen molar-refractivity contribution >= 4 is 63.0 Å². The normalized spacial score (nSPS) is 11.5. The predicted molar refractivity (Wildman–Crippen MR) is 199 cm³/mol. The highest BCUT2D eigenvalue weighted by Gasteiger charge is 2.15. The maximum atomic E-state index is 10.1. The quantitative estimate of drug-likeness (QED) is 0.192. The third-order valence-corrected chi connectivity index (χ3v) is 11.2. The molecule has 0 N–H and O–H groups in total. The van der Waals surface area contributed by atoms with Gasteiger partial charge in [-0.15, -0.1) is 22.7 Å². The van der Waals surface area contributed by atoms with Gasteiger partial charge in [0.25, 0.3) is 0 Å². The summed E-state index contributed by atoms with van der Waals surface area (Å²) in [6.07, 6.45) is 0. The molecule has 3 heteroatoms. The molecular weight excluding hydrogens is 595 g/mol. The van der Waals surface area contributed by atoms with Gasteiger partial charge in [-0.1, -0.05) is 91.0 Å². The van der Waals surface area contributed by atoms with Crippen molar-refractivity contribution in [3.63, 3.8) is 0 Å². The number of benzene rings is 7. The summed E-state index contributed by atoms with van der Waals surface area (Å²) in [6, 6.07) is 56.8. The summed E-state index contributed by atoms with van der Waals surface area (Å²) in [4.78, 5) is 0. The van der Waals surface area contributed by atoms with Crippen LogP contribution in [0.2, 0.25) is 0 Å². The monoisotopic (exact) mass is 619 g/mol. The summed E-state index contributed by atoms with van der Waals surface area (Å²) >= 11 is 3.68. The molecule has 0 aliphatic heterocycles. The summed E-state index contributed by atoms with van der Waals surface area (Å²) in [5.41, 5.74) is 9.59. The Kier molecular flexibility index (Phi) is 6.31. The van der Waals surface area contributed by atoms with Gasteiger partial charge in [-0.2, -0.15) is 5.26 Å². The van der Waals surface area contributed by atoms with E-state index in [4.69, 9.17) is 0 Å². The summed E-state index contributed by atoms with van der Waals surface area (Å²) in [5, 5.41) is 15.3. The Bertz CT molecular complexity index is 2650. The van der Waals surface area contributed by atoms with E-state index in [1.807, 2.05) is 53.0 Å². The van der Waals surface area contributed by atoms with Gasteiger partial charge in [-0.25, -0.2) is 0 Å². The minimum Gasteiger partial charge on any atom is -0.192 e. The fourth-order valence-electron chi connectivity index (χ4n) is 6.66. The Morgan fingerprint density at radius 3 is 1.59 bits per heavy atom. The first-order valence-electron chi connectivity index (χ1n) is 15.3. The van der Waals surface area contributed by atoms with Crippen LogP contribution in [0.25, 0.3) is 84.9 Å². The summed E-state index contributed by atoms with van der Waals surface area (Å²) < 4.78 is 5.20. The smallest absolute Gasteiger partial charge is 0.0992 e. The van der Waals surface area contributed by atoms with Crippen LogP contribution in [0.3, 0.4) is 0 Å². The first kappa shape index (κ1) is 26.8. The Hall–Kier alpha value is -5.53. The molecule has 0 radical (unpaired) electrons. The third kappa shape index (κ3) is 4.51. The van der Waals surface area contributed by atoms with Gasteiger partial charge >= 0.3 is 0 Å². The van der Waals surface area contributed by atoms with Crippen LogP contribution in [0.4, 0.5) is 0 Å². The van der Waals surface area contributed by atoms with Crippen LogP contribution in [0.15, 0.2) is 152 Å². The van der Waals surface area contributed by atoms with Crippen molar-refractivity contribution in [2.45, 2.75) is 0 Å². The van der Waals surface area contributed by atoms with Crippen molar-refractivity contribution in [2.75, 3.05) is 0 Å². The number of hydrogen-bond donors (Lipinski definition) is 0. The maximum Gasteiger partial charge on any atom is 0.0992 e. The van der Waals surface area contributed by atoms with Gasteiger partial charge in [0.05, 0.1) is 11.6 Å². The van der Waals surface area contributed by atoms with E-state index in [0.717, 1.165) is 33.4 Å². The third-order valence-electron chi connectivity index (χ3n) is 8.90. The van der Waals surface area contributed by atoms with Crippen LogP contribution in [-0.2, 0) is 0 Å². The van der Waals surface area contributed by atoms with Gasteiger partial charge in [0.15, 0.2) is 0 Å². The van der Waals surface area contributed by atoms with Crippen molar-refractivity contribution < 1.29 is 0 Å². The molecule has 1 nitrogen and oxygen atoms in total. The standard InChI is InChI=1S/C43H25NS2/c44-26-27-20-32(28-8-2-1-3-9-28)22-33(21-27)37-23-29(30-15-18-42-38(24-30)35-10-4-6-12-40(35)45-42)14-17-34(37)31-16-19-43-39(25-31)36-11-5-7-13-41(36)46-43/h1-25H. The van der Waals surface area contributed by atoms with Crippen molar-refractivity contribution in [1.29, 1.82) is 5.26 Å². The minimum atomic E-state index is 0.651. The summed E-state index contributed by atoms with van der Waals surface area (Å²) in [6.45, 7) is 0. The highest BCUT2D eigenvalue weighted by molar-refractivity contribution is 7.26. The average molecular weight is 620 g/mol. The minimum absolute atomic E-state index is 0.651. The first-order chi connectivity index (χ1) is 22.7. The molecule has 0 amide bonds. The largest absolute Gasteiger partial charge is 0.192 e. The van der Waals surface area contributed by atoms with Crippen LogP contribution in [0.1, 0.15) is 5.56 Å². The molecule has 0 spiro atoms. The van der Waals surface area contributed by atoms with E-state index < -0.39 is 0 Å². The zero-order valence-electron chi connectivity index (χ0n) is 24.7. The van der Waals surface area contributed by atoms with E-state index in [1.165, 1.54) is 51.5 Å². The summed E-state index contributed by atoms with van der Waals surface area (Å²) in [5.74, 6) is 0. The topological polar surface area (TPSA) is 23.8 Å². The van der Waals surface area contributed by atoms with Crippen LogP contribution < -0.4 is 0 Å². The molecule has 0 aliphatic rings. The first-order valence-corrected chi connectivity index (χ1v) is 16.9. The zero-order valence-corrected chi connectivity index (χ0v) is 26.3. The van der Waals surface area contributed by atoms with Crippen LogP contribution in [0.5, 0.6) is 0 Å². The lowest BCUT2D eigenvalue weighted by molar-refractivity contribution is 1.48. The second-order valence-corrected chi connectivity index (χ2v) is 13.8. The second kappa shape index (κ2) is 10.8. The molecule has 0 atom stereocenters. The van der Waals surface area contributed by atoms with E-state index >= 15 is 0 Å². The Balaban J connectivity index is 1.28. The van der Waals surface area contributed by atoms with Gasteiger partial charge in [0, 0.05) is 40.3 Å². The Morgan fingerprint density at radius 2 is 0.891 bits per heavy atom. The molecule has 0 saturated heterocycles. The van der Waals surface area contributed by atoms with E-state index in [1.54, 1.807) is 0 Å². The van der Waals surface area contributed by atoms with Crippen LogP contribution in [-0.4, -0.2) is 0 Å². The summed E-state index contributed by atoms with van der Waals surface area (Å²) in [7, 11) is 0. The van der Waals surface area contributed by atoms with Gasteiger partial charge in [0.1, 0.15) is 0 Å². The molecule has 0 fully saturated rings. The maximum absolute atomic E-state index is 10.1. The number of thiophene rings is 2. The molecule has 214 valence electrons. The van der Waals surface area contributed by atoms with Gasteiger partial charge in [-0.3, -0.25) is 0 Å². The molecule has 0 aliphatic carbocycles. The number of rotatable bonds is 4. The van der Waals surface area contributed by atoms with Crippen LogP contribution >= 0.6 is 22.7 Å². The Labute approximate surface area is 274 Å². The fourth-order valence-corrected chi connectivity index (χ4v) is 8.83. The molecule has 2 heterocycles. The average Bonchev–Trinajstić information content (AvgIpc) is 3.69. The number of hydrogen-bond acceptors (Lipinski definition) is 3. The molecule has 46 heavy (non-hydrogen) atoms. The van der Waals surface area contributed by atoms with Crippen molar-refractivity contribution in [1.82, 2.24) is 0 Å². The lowest BCUT2D eigenvalue weighted by Crippen LogP contribution is -1.90. The molecule has 0 bridgehead atoms. The number of nitrogens with zero attached hydrogens (tertiary/aromatic N) is 1. The van der Waals surface area contributed by atoms with Crippen molar-refractivity contribution in [3.05, 3.63) is 157 Å².